The Balaban J connectivity index is 3.19. The van der Waals surface area contributed by atoms with E-state index < -0.39 is 10.0 Å². The molecule has 1 amide bonds. The van der Waals surface area contributed by atoms with Crippen LogP contribution in [0.4, 0.5) is 5.69 Å². The average Bonchev–Trinajstić information content (AvgIpc) is 2.23. The zero-order chi connectivity index (χ0) is 13.9. The number of carbonyl (C=O) groups is 1. The molecule has 0 fully saturated rings. The first-order chi connectivity index (χ1) is 8.25. The number of benzene rings is 1. The fraction of sp³-hybridized carbons (Fsp3) is 0.364. The van der Waals surface area contributed by atoms with Gasteiger partial charge < -0.3 is 10.1 Å². The van der Waals surface area contributed by atoms with Crippen molar-refractivity contribution >= 4 is 21.6 Å². The number of primary sulfonamides is 1. The third-order valence-corrected chi connectivity index (χ3v) is 3.41. The second-order valence-corrected chi connectivity index (χ2v) is 5.50. The van der Waals surface area contributed by atoms with E-state index in [1.54, 1.807) is 13.8 Å². The van der Waals surface area contributed by atoms with E-state index in [4.69, 9.17) is 5.14 Å². The molecule has 0 spiro atoms. The van der Waals surface area contributed by atoms with Crippen LogP contribution in [-0.4, -0.2) is 28.0 Å². The second kappa shape index (κ2) is 5.47. The molecule has 0 aliphatic carbocycles. The summed E-state index contributed by atoms with van der Waals surface area (Å²) >= 11 is 0. The van der Waals surface area contributed by atoms with Crippen molar-refractivity contribution in [3.63, 3.8) is 0 Å². The summed E-state index contributed by atoms with van der Waals surface area (Å²) in [6.45, 7) is 3.43. The molecule has 3 N–H and O–H groups in total. The number of hydrogen-bond donors (Lipinski definition) is 2. The minimum Gasteiger partial charge on any atom is -0.375 e. The standard InChI is InChI=1S/C11H16N2O4S/c1-7-4-9(18(12,15)16)5-10(8(7)2)13-11(14)6-17-3/h4-5H,6H2,1-3H3,(H,13,14)(H2,12,15,16). The Hall–Kier alpha value is -1.44. The lowest BCUT2D eigenvalue weighted by molar-refractivity contribution is -0.119. The van der Waals surface area contributed by atoms with Crippen LogP contribution in [0.1, 0.15) is 11.1 Å². The molecule has 7 heteroatoms. The Bertz CT molecular complexity index is 567. The summed E-state index contributed by atoms with van der Waals surface area (Å²) in [5.41, 5.74) is 1.93. The summed E-state index contributed by atoms with van der Waals surface area (Å²) in [7, 11) is -2.39. The summed E-state index contributed by atoms with van der Waals surface area (Å²) < 4.78 is 27.3. The van der Waals surface area contributed by atoms with Gasteiger partial charge in [0.1, 0.15) is 6.61 Å². The summed E-state index contributed by atoms with van der Waals surface area (Å²) in [6, 6.07) is 2.81. The lowest BCUT2D eigenvalue weighted by Gasteiger charge is -2.12. The van der Waals surface area contributed by atoms with Crippen LogP contribution in [0, 0.1) is 13.8 Å². The number of rotatable bonds is 4. The molecule has 1 aromatic rings. The molecule has 1 aromatic carbocycles. The van der Waals surface area contributed by atoms with Crippen LogP contribution in [0.3, 0.4) is 0 Å². The summed E-state index contributed by atoms with van der Waals surface area (Å²) in [5.74, 6) is -0.355. The van der Waals surface area contributed by atoms with Gasteiger partial charge in [-0.3, -0.25) is 4.79 Å². The SMILES string of the molecule is COCC(=O)Nc1cc(S(N)(=O)=O)cc(C)c1C. The molecule has 0 saturated carbocycles. The molecule has 0 heterocycles. The maximum atomic E-state index is 11.4. The van der Waals surface area contributed by atoms with E-state index in [2.05, 4.69) is 10.1 Å². The molecule has 0 aliphatic rings. The first-order valence-electron chi connectivity index (χ1n) is 5.18. The van der Waals surface area contributed by atoms with Gasteiger partial charge in [0.2, 0.25) is 15.9 Å². The number of carbonyl (C=O) groups excluding carboxylic acids is 1. The van der Waals surface area contributed by atoms with Crippen LogP contribution >= 0.6 is 0 Å². The summed E-state index contributed by atoms with van der Waals surface area (Å²) in [5, 5.41) is 7.65. The van der Waals surface area contributed by atoms with E-state index in [-0.39, 0.29) is 17.4 Å². The fourth-order valence-corrected chi connectivity index (χ4v) is 2.06. The van der Waals surface area contributed by atoms with Crippen molar-refractivity contribution < 1.29 is 17.9 Å². The molecule has 6 nitrogen and oxygen atoms in total. The van der Waals surface area contributed by atoms with Crippen LogP contribution in [-0.2, 0) is 19.6 Å². The highest BCUT2D eigenvalue weighted by molar-refractivity contribution is 7.89. The van der Waals surface area contributed by atoms with Gasteiger partial charge in [-0.05, 0) is 37.1 Å². The van der Waals surface area contributed by atoms with Crippen molar-refractivity contribution in [1.29, 1.82) is 0 Å². The molecule has 0 unspecified atom stereocenters. The summed E-state index contributed by atoms with van der Waals surface area (Å²) in [4.78, 5) is 11.4. The van der Waals surface area contributed by atoms with E-state index >= 15 is 0 Å². The molecule has 18 heavy (non-hydrogen) atoms. The smallest absolute Gasteiger partial charge is 0.250 e. The minimum atomic E-state index is -3.80. The van der Waals surface area contributed by atoms with Gasteiger partial charge in [0.15, 0.2) is 0 Å². The topological polar surface area (TPSA) is 98.5 Å². The molecule has 0 bridgehead atoms. The maximum absolute atomic E-state index is 11.4. The molecule has 1 rings (SSSR count). The molecule has 0 saturated heterocycles. The van der Waals surface area contributed by atoms with Gasteiger partial charge in [-0.1, -0.05) is 0 Å². The van der Waals surface area contributed by atoms with Gasteiger partial charge in [-0.25, -0.2) is 13.6 Å². The van der Waals surface area contributed by atoms with Crippen LogP contribution in [0.5, 0.6) is 0 Å². The lowest BCUT2D eigenvalue weighted by atomic mass is 10.1. The van der Waals surface area contributed by atoms with Crippen LogP contribution in [0.15, 0.2) is 17.0 Å². The van der Waals surface area contributed by atoms with Gasteiger partial charge in [-0.15, -0.1) is 0 Å². The zero-order valence-corrected chi connectivity index (χ0v) is 11.3. The monoisotopic (exact) mass is 272 g/mol. The largest absolute Gasteiger partial charge is 0.375 e. The minimum absolute atomic E-state index is 0.0293. The predicted octanol–water partition coefficient (Wildman–Crippen LogP) is 0.536. The Morgan fingerprint density at radius 2 is 2.00 bits per heavy atom. The Kier molecular flexibility index (Phi) is 4.44. The quantitative estimate of drug-likeness (QED) is 0.835. The van der Waals surface area contributed by atoms with Crippen molar-refractivity contribution in [3.8, 4) is 0 Å². The van der Waals surface area contributed by atoms with Gasteiger partial charge in [0, 0.05) is 12.8 Å². The van der Waals surface area contributed by atoms with E-state index in [1.165, 1.54) is 19.2 Å². The van der Waals surface area contributed by atoms with E-state index in [0.29, 0.717) is 5.69 Å². The number of nitrogens with two attached hydrogens (primary N) is 1. The first kappa shape index (κ1) is 14.6. The molecule has 0 radical (unpaired) electrons. The van der Waals surface area contributed by atoms with Crippen molar-refractivity contribution in [1.82, 2.24) is 0 Å². The van der Waals surface area contributed by atoms with Gasteiger partial charge in [-0.2, -0.15) is 0 Å². The third kappa shape index (κ3) is 3.52. The van der Waals surface area contributed by atoms with Crippen molar-refractivity contribution in [3.05, 3.63) is 23.3 Å². The Morgan fingerprint density at radius 1 is 1.39 bits per heavy atom. The highest BCUT2D eigenvalue weighted by Crippen LogP contribution is 2.23. The number of amides is 1. The highest BCUT2D eigenvalue weighted by atomic mass is 32.2. The molecular formula is C11H16N2O4S. The number of aryl methyl sites for hydroxylation is 1. The number of hydrogen-bond acceptors (Lipinski definition) is 4. The van der Waals surface area contributed by atoms with Crippen molar-refractivity contribution in [2.24, 2.45) is 5.14 Å². The predicted molar refractivity (Wildman–Crippen MR) is 67.8 cm³/mol. The number of sulfonamides is 1. The fourth-order valence-electron chi connectivity index (χ4n) is 1.44. The summed E-state index contributed by atoms with van der Waals surface area (Å²) in [6.07, 6.45) is 0. The number of methoxy groups -OCH3 is 1. The number of nitrogens with one attached hydrogen (secondary N) is 1. The van der Waals surface area contributed by atoms with Crippen LogP contribution < -0.4 is 10.5 Å². The number of anilines is 1. The molecule has 0 atom stereocenters. The lowest BCUT2D eigenvalue weighted by Crippen LogP contribution is -2.19. The Morgan fingerprint density at radius 3 is 2.50 bits per heavy atom. The normalized spacial score (nSPS) is 11.3. The van der Waals surface area contributed by atoms with E-state index in [1.807, 2.05) is 0 Å². The average molecular weight is 272 g/mol. The molecular weight excluding hydrogens is 256 g/mol. The molecule has 100 valence electrons. The van der Waals surface area contributed by atoms with Gasteiger partial charge in [0.05, 0.1) is 4.90 Å². The maximum Gasteiger partial charge on any atom is 0.250 e. The zero-order valence-electron chi connectivity index (χ0n) is 10.5. The first-order valence-corrected chi connectivity index (χ1v) is 6.73. The second-order valence-electron chi connectivity index (χ2n) is 3.94. The van der Waals surface area contributed by atoms with Crippen molar-refractivity contribution in [2.45, 2.75) is 18.7 Å². The van der Waals surface area contributed by atoms with E-state index in [0.717, 1.165) is 11.1 Å². The third-order valence-electron chi connectivity index (χ3n) is 2.52. The van der Waals surface area contributed by atoms with Crippen molar-refractivity contribution in [2.75, 3.05) is 19.0 Å². The van der Waals surface area contributed by atoms with E-state index in [9.17, 15) is 13.2 Å². The van der Waals surface area contributed by atoms with Gasteiger partial charge in [0.25, 0.3) is 0 Å². The molecule has 0 aromatic heterocycles. The Labute approximate surface area is 106 Å². The molecule has 0 aliphatic heterocycles. The highest BCUT2D eigenvalue weighted by Gasteiger charge is 2.13. The van der Waals surface area contributed by atoms with Crippen LogP contribution in [0.25, 0.3) is 0 Å². The van der Waals surface area contributed by atoms with Crippen LogP contribution in [0.2, 0.25) is 0 Å². The van der Waals surface area contributed by atoms with Gasteiger partial charge >= 0.3 is 0 Å². The number of ether oxygens (including phenoxy) is 1.